The number of hydrogen-bond donors (Lipinski definition) is 2. The first-order chi connectivity index (χ1) is 16.7. The second-order valence-corrected chi connectivity index (χ2v) is 9.79. The van der Waals surface area contributed by atoms with Crippen LogP contribution in [0.15, 0.2) is 82.8 Å². The van der Waals surface area contributed by atoms with Gasteiger partial charge in [-0.15, -0.1) is 0 Å². The highest BCUT2D eigenvalue weighted by molar-refractivity contribution is 9.10. The molecule has 2 N–H and O–H groups in total. The molecule has 1 heterocycles. The Morgan fingerprint density at radius 2 is 1.60 bits per heavy atom. The molecule has 3 aromatic rings. The Morgan fingerprint density at radius 1 is 0.971 bits per heavy atom. The minimum atomic E-state index is -0.809. The Balaban J connectivity index is 1.72. The summed E-state index contributed by atoms with van der Waals surface area (Å²) in [4.78, 5) is 27.8. The topological polar surface area (TPSA) is 87.1 Å². The van der Waals surface area contributed by atoms with Crippen molar-refractivity contribution in [2.24, 2.45) is 5.92 Å². The number of amides is 1. The first-order valence-electron chi connectivity index (χ1n) is 11.3. The summed E-state index contributed by atoms with van der Waals surface area (Å²) in [6.07, 6.45) is 0. The summed E-state index contributed by atoms with van der Waals surface area (Å²) < 4.78 is 6.56. The molecule has 3 aromatic carbocycles. The number of phenolic OH excluding ortho intramolecular Hbond substituents is 1. The monoisotopic (exact) mass is 535 g/mol. The first kappa shape index (κ1) is 24.5. The van der Waals surface area contributed by atoms with Crippen LogP contribution in [0.2, 0.25) is 0 Å². The number of aromatic hydroxyl groups is 1. The molecular weight excluding hydrogens is 510 g/mol. The van der Waals surface area contributed by atoms with Crippen LogP contribution < -0.4 is 4.74 Å². The molecule has 1 unspecified atom stereocenters. The highest BCUT2D eigenvalue weighted by atomic mass is 79.9. The van der Waals surface area contributed by atoms with Gasteiger partial charge in [0.05, 0.1) is 18.2 Å². The zero-order valence-corrected chi connectivity index (χ0v) is 21.0. The van der Waals surface area contributed by atoms with Gasteiger partial charge in [0.2, 0.25) is 0 Å². The smallest absolute Gasteiger partial charge is 0.295 e. The maximum Gasteiger partial charge on any atom is 0.295 e. The van der Waals surface area contributed by atoms with Crippen molar-refractivity contribution >= 4 is 33.4 Å². The molecular formula is C28H26BrNO5. The fraction of sp³-hybridized carbons (Fsp3) is 0.214. The van der Waals surface area contributed by atoms with Gasteiger partial charge in [-0.1, -0.05) is 66.2 Å². The van der Waals surface area contributed by atoms with Crippen LogP contribution in [0, 0.1) is 5.92 Å². The van der Waals surface area contributed by atoms with Crippen molar-refractivity contribution in [1.82, 2.24) is 4.90 Å². The molecule has 1 aliphatic rings. The van der Waals surface area contributed by atoms with Crippen LogP contribution in [0.3, 0.4) is 0 Å². The number of aliphatic hydroxyl groups is 1. The molecule has 0 spiro atoms. The van der Waals surface area contributed by atoms with Gasteiger partial charge in [-0.25, -0.2) is 0 Å². The summed E-state index contributed by atoms with van der Waals surface area (Å²) in [7, 11) is 0. The Morgan fingerprint density at radius 3 is 2.20 bits per heavy atom. The van der Waals surface area contributed by atoms with Crippen molar-refractivity contribution in [3.05, 3.63) is 99.5 Å². The van der Waals surface area contributed by atoms with E-state index in [0.717, 1.165) is 15.8 Å². The van der Waals surface area contributed by atoms with E-state index >= 15 is 0 Å². The Hall–Kier alpha value is -3.58. The largest absolute Gasteiger partial charge is 0.508 e. The number of phenols is 1. The lowest BCUT2D eigenvalue weighted by Gasteiger charge is -2.25. The van der Waals surface area contributed by atoms with Crippen molar-refractivity contribution < 1.29 is 24.5 Å². The normalized spacial score (nSPS) is 17.3. The van der Waals surface area contributed by atoms with Crippen LogP contribution in [0.5, 0.6) is 11.5 Å². The third-order valence-corrected chi connectivity index (χ3v) is 6.25. The molecule has 1 aliphatic heterocycles. The number of ketones is 1. The summed E-state index contributed by atoms with van der Waals surface area (Å²) >= 11 is 3.36. The van der Waals surface area contributed by atoms with E-state index in [4.69, 9.17) is 4.74 Å². The highest BCUT2D eigenvalue weighted by Gasteiger charge is 2.46. The Labute approximate surface area is 212 Å². The minimum Gasteiger partial charge on any atom is -0.508 e. The fourth-order valence-corrected chi connectivity index (χ4v) is 4.22. The summed E-state index contributed by atoms with van der Waals surface area (Å²) in [5, 5.41) is 20.9. The molecule has 1 fully saturated rings. The van der Waals surface area contributed by atoms with Crippen LogP contribution in [-0.4, -0.2) is 33.4 Å². The SMILES string of the molecule is CC(C)COc1ccc(CN2C(=O)C(=O)/C(=C(\O)c3ccc(Br)cc3)C2c2ccc(O)cc2)cc1. The zero-order valence-electron chi connectivity index (χ0n) is 19.4. The van der Waals surface area contributed by atoms with Crippen molar-refractivity contribution in [3.63, 3.8) is 0 Å². The molecule has 0 bridgehead atoms. The molecule has 7 heteroatoms. The van der Waals surface area contributed by atoms with E-state index in [0.29, 0.717) is 23.7 Å². The van der Waals surface area contributed by atoms with Gasteiger partial charge >= 0.3 is 0 Å². The van der Waals surface area contributed by atoms with E-state index in [1.54, 1.807) is 36.4 Å². The standard InChI is InChI=1S/C28H26BrNO5/c1-17(2)16-35-23-13-3-18(4-14-23)15-30-25(19-7-11-22(31)12-8-19)24(27(33)28(30)34)26(32)20-5-9-21(29)10-6-20/h3-14,17,25,31-32H,15-16H2,1-2H3/b26-24-. The molecule has 1 saturated heterocycles. The number of hydrogen-bond acceptors (Lipinski definition) is 5. The number of Topliss-reactive ketones (excluding diaryl/α,β-unsaturated/α-hetero) is 1. The molecule has 0 aromatic heterocycles. The maximum absolute atomic E-state index is 13.2. The number of carbonyl (C=O) groups is 2. The first-order valence-corrected chi connectivity index (χ1v) is 12.1. The average Bonchev–Trinajstić information content (AvgIpc) is 3.09. The predicted molar refractivity (Wildman–Crippen MR) is 137 cm³/mol. The molecule has 180 valence electrons. The van der Waals surface area contributed by atoms with Crippen LogP contribution in [-0.2, 0) is 16.1 Å². The van der Waals surface area contributed by atoms with Crippen LogP contribution in [0.1, 0.15) is 36.6 Å². The second-order valence-electron chi connectivity index (χ2n) is 8.87. The van der Waals surface area contributed by atoms with Gasteiger partial charge in [0, 0.05) is 16.6 Å². The zero-order chi connectivity index (χ0) is 25.1. The summed E-state index contributed by atoms with van der Waals surface area (Å²) in [6, 6.07) is 19.7. The summed E-state index contributed by atoms with van der Waals surface area (Å²) in [5.74, 6) is -0.487. The summed E-state index contributed by atoms with van der Waals surface area (Å²) in [6.45, 7) is 4.91. The van der Waals surface area contributed by atoms with Gasteiger partial charge in [0.1, 0.15) is 17.3 Å². The van der Waals surface area contributed by atoms with Crippen molar-refractivity contribution in [2.75, 3.05) is 6.61 Å². The van der Waals surface area contributed by atoms with E-state index in [1.165, 1.54) is 17.0 Å². The van der Waals surface area contributed by atoms with E-state index in [9.17, 15) is 19.8 Å². The van der Waals surface area contributed by atoms with E-state index in [2.05, 4.69) is 29.8 Å². The molecule has 0 saturated carbocycles. The average molecular weight is 536 g/mol. The number of aliphatic hydroxyl groups excluding tert-OH is 1. The molecule has 35 heavy (non-hydrogen) atoms. The van der Waals surface area contributed by atoms with Crippen LogP contribution in [0.25, 0.3) is 5.76 Å². The fourth-order valence-electron chi connectivity index (χ4n) is 3.96. The number of carbonyl (C=O) groups excluding carboxylic acids is 2. The van der Waals surface area contributed by atoms with Crippen molar-refractivity contribution in [2.45, 2.75) is 26.4 Å². The van der Waals surface area contributed by atoms with E-state index in [1.807, 2.05) is 24.3 Å². The lowest BCUT2D eigenvalue weighted by molar-refractivity contribution is -0.140. The van der Waals surface area contributed by atoms with E-state index < -0.39 is 17.7 Å². The van der Waals surface area contributed by atoms with Gasteiger partial charge in [-0.3, -0.25) is 9.59 Å². The quantitative estimate of drug-likeness (QED) is 0.226. The molecule has 6 nitrogen and oxygen atoms in total. The lowest BCUT2D eigenvalue weighted by atomic mass is 9.95. The van der Waals surface area contributed by atoms with Gasteiger partial charge in [-0.05, 0) is 53.4 Å². The predicted octanol–water partition coefficient (Wildman–Crippen LogP) is 5.81. The molecule has 1 atom stereocenters. The Kier molecular flexibility index (Phi) is 7.26. The van der Waals surface area contributed by atoms with Crippen molar-refractivity contribution in [3.8, 4) is 11.5 Å². The summed E-state index contributed by atoms with van der Waals surface area (Å²) in [5.41, 5.74) is 1.87. The van der Waals surface area contributed by atoms with Crippen molar-refractivity contribution in [1.29, 1.82) is 0 Å². The number of halogens is 1. The lowest BCUT2D eigenvalue weighted by Crippen LogP contribution is -2.29. The third-order valence-electron chi connectivity index (χ3n) is 5.73. The number of nitrogens with zero attached hydrogens (tertiary/aromatic N) is 1. The minimum absolute atomic E-state index is 0.0138. The maximum atomic E-state index is 13.2. The number of rotatable bonds is 7. The number of benzene rings is 3. The molecule has 4 rings (SSSR count). The molecule has 0 aliphatic carbocycles. The van der Waals surface area contributed by atoms with Gasteiger partial charge in [-0.2, -0.15) is 0 Å². The molecule has 1 amide bonds. The van der Waals surface area contributed by atoms with Gasteiger partial charge < -0.3 is 19.8 Å². The molecule has 0 radical (unpaired) electrons. The van der Waals surface area contributed by atoms with E-state index in [-0.39, 0.29) is 23.6 Å². The third kappa shape index (κ3) is 5.41. The van der Waals surface area contributed by atoms with Crippen LogP contribution >= 0.6 is 15.9 Å². The van der Waals surface area contributed by atoms with Gasteiger partial charge in [0.15, 0.2) is 0 Å². The van der Waals surface area contributed by atoms with Gasteiger partial charge in [0.25, 0.3) is 11.7 Å². The number of ether oxygens (including phenoxy) is 1. The second kappa shape index (κ2) is 10.4. The number of likely N-dealkylation sites (tertiary alicyclic amines) is 1. The van der Waals surface area contributed by atoms with Crippen LogP contribution in [0.4, 0.5) is 0 Å². The Bertz CT molecular complexity index is 1250. The highest BCUT2D eigenvalue weighted by Crippen LogP contribution is 2.40.